The molecule has 1 aliphatic rings. The van der Waals surface area contributed by atoms with E-state index in [0.29, 0.717) is 22.1 Å². The molecule has 1 saturated heterocycles. The third kappa shape index (κ3) is 4.63. The molecule has 2 heterocycles. The van der Waals surface area contributed by atoms with Crippen LogP contribution >= 0.6 is 22.9 Å². The van der Waals surface area contributed by atoms with Gasteiger partial charge in [0.15, 0.2) is 0 Å². The summed E-state index contributed by atoms with van der Waals surface area (Å²) in [6, 6.07) is 9.19. The minimum absolute atomic E-state index is 0.113. The largest absolute Gasteiger partial charge is 0.462 e. The Morgan fingerprint density at radius 2 is 1.92 bits per heavy atom. The molecule has 1 fully saturated rings. The highest BCUT2D eigenvalue weighted by atomic mass is 35.5. The normalized spacial score (nSPS) is 14.4. The van der Waals surface area contributed by atoms with E-state index in [-0.39, 0.29) is 12.5 Å². The fourth-order valence-corrected chi connectivity index (χ4v) is 4.06. The smallest absolute Gasteiger partial charge is 0.350 e. The Balaban J connectivity index is 1.82. The summed E-state index contributed by atoms with van der Waals surface area (Å²) in [5, 5.41) is 3.53. The number of thiophene rings is 1. The van der Waals surface area contributed by atoms with E-state index in [0.717, 1.165) is 36.4 Å². The first kappa shape index (κ1) is 18.9. The number of ether oxygens (including phenoxy) is 1. The number of nitrogens with zero attached hydrogens (tertiary/aromatic N) is 1. The molecular weight excluding hydrogens is 372 g/mol. The molecular formula is C19H21ClN2O3S. The van der Waals surface area contributed by atoms with Gasteiger partial charge < -0.3 is 10.1 Å². The van der Waals surface area contributed by atoms with E-state index < -0.39 is 5.97 Å². The monoisotopic (exact) mass is 392 g/mol. The second-order valence-corrected chi connectivity index (χ2v) is 7.60. The van der Waals surface area contributed by atoms with Crippen LogP contribution in [0.1, 0.15) is 29.4 Å². The third-order valence-corrected chi connectivity index (χ3v) is 5.58. The van der Waals surface area contributed by atoms with E-state index in [1.54, 1.807) is 19.1 Å². The number of amides is 1. The molecule has 0 unspecified atom stereocenters. The van der Waals surface area contributed by atoms with Crippen LogP contribution in [-0.2, 0) is 9.53 Å². The lowest BCUT2D eigenvalue weighted by molar-refractivity contribution is -0.117. The number of likely N-dealkylation sites (tertiary alicyclic amines) is 1. The highest BCUT2D eigenvalue weighted by Crippen LogP contribution is 2.36. The molecule has 5 nitrogen and oxygen atoms in total. The van der Waals surface area contributed by atoms with E-state index in [2.05, 4.69) is 10.2 Å². The number of rotatable bonds is 6. The van der Waals surface area contributed by atoms with Crippen molar-refractivity contribution in [1.29, 1.82) is 0 Å². The molecule has 1 aromatic carbocycles. The summed E-state index contributed by atoms with van der Waals surface area (Å²) in [4.78, 5) is 28.1. The second kappa shape index (κ2) is 8.66. The van der Waals surface area contributed by atoms with Crippen molar-refractivity contribution in [2.45, 2.75) is 19.8 Å². The number of carbonyl (C=O) groups is 2. The Kier molecular flexibility index (Phi) is 6.29. The maximum absolute atomic E-state index is 12.4. The van der Waals surface area contributed by atoms with Crippen molar-refractivity contribution in [2.75, 3.05) is 31.6 Å². The standard InChI is InChI=1S/C19H21ClN2O3S/c1-2-25-19(24)18-15(21-17(23)12-22-9-3-4-10-22)11-16(26-18)13-5-7-14(20)8-6-13/h5-8,11H,2-4,9-10,12H2,1H3,(H,21,23). The second-order valence-electron chi connectivity index (χ2n) is 6.11. The molecule has 1 aromatic heterocycles. The predicted molar refractivity (Wildman–Crippen MR) is 105 cm³/mol. The molecule has 0 saturated carbocycles. The van der Waals surface area contributed by atoms with Gasteiger partial charge in [-0.3, -0.25) is 9.69 Å². The van der Waals surface area contributed by atoms with Gasteiger partial charge >= 0.3 is 5.97 Å². The van der Waals surface area contributed by atoms with Crippen LogP contribution < -0.4 is 5.32 Å². The zero-order valence-electron chi connectivity index (χ0n) is 14.6. The maximum Gasteiger partial charge on any atom is 0.350 e. The van der Waals surface area contributed by atoms with Gasteiger partial charge in [-0.15, -0.1) is 11.3 Å². The average molecular weight is 393 g/mol. The molecule has 3 rings (SSSR count). The molecule has 0 spiro atoms. The fourth-order valence-electron chi connectivity index (χ4n) is 2.92. The van der Waals surface area contributed by atoms with Gasteiger partial charge in [-0.2, -0.15) is 0 Å². The number of benzene rings is 1. The lowest BCUT2D eigenvalue weighted by Gasteiger charge is -2.14. The molecule has 0 bridgehead atoms. The molecule has 26 heavy (non-hydrogen) atoms. The Morgan fingerprint density at radius 3 is 2.58 bits per heavy atom. The molecule has 1 N–H and O–H groups in total. The van der Waals surface area contributed by atoms with Crippen LogP contribution in [0.15, 0.2) is 30.3 Å². The van der Waals surface area contributed by atoms with Crippen LogP contribution in [0.2, 0.25) is 5.02 Å². The minimum atomic E-state index is -0.422. The van der Waals surface area contributed by atoms with Crippen LogP contribution in [0.5, 0.6) is 0 Å². The van der Waals surface area contributed by atoms with Crippen LogP contribution in [0.4, 0.5) is 5.69 Å². The van der Waals surface area contributed by atoms with Crippen molar-refractivity contribution in [3.8, 4) is 10.4 Å². The van der Waals surface area contributed by atoms with Gasteiger partial charge in [0, 0.05) is 9.90 Å². The molecule has 138 valence electrons. The first-order valence-corrected chi connectivity index (χ1v) is 9.85. The van der Waals surface area contributed by atoms with Crippen molar-refractivity contribution >= 4 is 40.5 Å². The van der Waals surface area contributed by atoms with Gasteiger partial charge in [-0.25, -0.2) is 4.79 Å². The number of hydrogen-bond acceptors (Lipinski definition) is 5. The number of carbonyl (C=O) groups excluding carboxylic acids is 2. The van der Waals surface area contributed by atoms with Crippen molar-refractivity contribution in [2.24, 2.45) is 0 Å². The average Bonchev–Trinajstić information content (AvgIpc) is 3.26. The summed E-state index contributed by atoms with van der Waals surface area (Å²) in [7, 11) is 0. The number of esters is 1. The van der Waals surface area contributed by atoms with E-state index in [1.807, 2.05) is 18.2 Å². The number of hydrogen-bond donors (Lipinski definition) is 1. The van der Waals surface area contributed by atoms with Crippen LogP contribution in [-0.4, -0.2) is 43.0 Å². The van der Waals surface area contributed by atoms with Crippen LogP contribution in [0.25, 0.3) is 10.4 Å². The summed E-state index contributed by atoms with van der Waals surface area (Å²) >= 11 is 7.25. The van der Waals surface area contributed by atoms with E-state index >= 15 is 0 Å². The van der Waals surface area contributed by atoms with Crippen LogP contribution in [0, 0.1) is 0 Å². The molecule has 0 radical (unpaired) electrons. The Bertz CT molecular complexity index is 783. The summed E-state index contributed by atoms with van der Waals surface area (Å²) in [6.45, 7) is 4.27. The van der Waals surface area contributed by atoms with Crippen molar-refractivity contribution in [3.05, 3.63) is 40.2 Å². The number of anilines is 1. The summed E-state index contributed by atoms with van der Waals surface area (Å²) in [6.07, 6.45) is 2.25. The van der Waals surface area contributed by atoms with Gasteiger partial charge in [0.05, 0.1) is 18.8 Å². The van der Waals surface area contributed by atoms with Gasteiger partial charge in [-0.1, -0.05) is 23.7 Å². The van der Waals surface area contributed by atoms with Gasteiger partial charge in [0.2, 0.25) is 5.91 Å². The first-order valence-electron chi connectivity index (χ1n) is 8.66. The van der Waals surface area contributed by atoms with Crippen LogP contribution in [0.3, 0.4) is 0 Å². The summed E-state index contributed by atoms with van der Waals surface area (Å²) in [5.41, 5.74) is 1.44. The van der Waals surface area contributed by atoms with Gasteiger partial charge in [0.25, 0.3) is 0 Å². The third-order valence-electron chi connectivity index (χ3n) is 4.16. The van der Waals surface area contributed by atoms with Crippen molar-refractivity contribution < 1.29 is 14.3 Å². The molecule has 1 aliphatic heterocycles. The topological polar surface area (TPSA) is 58.6 Å². The van der Waals surface area contributed by atoms with E-state index in [9.17, 15) is 9.59 Å². The van der Waals surface area contributed by atoms with Gasteiger partial charge in [0.1, 0.15) is 4.88 Å². The highest BCUT2D eigenvalue weighted by molar-refractivity contribution is 7.18. The van der Waals surface area contributed by atoms with Crippen molar-refractivity contribution in [1.82, 2.24) is 4.90 Å². The van der Waals surface area contributed by atoms with Gasteiger partial charge in [-0.05, 0) is 56.6 Å². The quantitative estimate of drug-likeness (QED) is 0.745. The maximum atomic E-state index is 12.4. The Labute approximate surface area is 161 Å². The number of nitrogens with one attached hydrogen (secondary N) is 1. The first-order chi connectivity index (χ1) is 12.6. The zero-order valence-corrected chi connectivity index (χ0v) is 16.2. The summed E-state index contributed by atoms with van der Waals surface area (Å²) < 4.78 is 5.14. The Hall–Kier alpha value is -1.89. The zero-order chi connectivity index (χ0) is 18.5. The highest BCUT2D eigenvalue weighted by Gasteiger charge is 2.21. The van der Waals surface area contributed by atoms with Crippen molar-refractivity contribution in [3.63, 3.8) is 0 Å². The lowest BCUT2D eigenvalue weighted by Crippen LogP contribution is -2.31. The van der Waals surface area contributed by atoms with E-state index in [1.165, 1.54) is 11.3 Å². The predicted octanol–water partition coefficient (Wildman–Crippen LogP) is 4.28. The minimum Gasteiger partial charge on any atom is -0.462 e. The molecule has 1 amide bonds. The fraction of sp³-hybridized carbons (Fsp3) is 0.368. The van der Waals surface area contributed by atoms with E-state index in [4.69, 9.17) is 16.3 Å². The SMILES string of the molecule is CCOC(=O)c1sc(-c2ccc(Cl)cc2)cc1NC(=O)CN1CCCC1. The summed E-state index contributed by atoms with van der Waals surface area (Å²) in [5.74, 6) is -0.535. The molecule has 0 atom stereocenters. The molecule has 7 heteroatoms. The lowest BCUT2D eigenvalue weighted by atomic mass is 10.2. The Morgan fingerprint density at radius 1 is 1.23 bits per heavy atom. The number of halogens is 1. The molecule has 0 aliphatic carbocycles. The molecule has 2 aromatic rings.